The molecule has 10 aromatic carbocycles. The predicted octanol–water partition coefficient (Wildman–Crippen LogP) is 15.5. The Balaban J connectivity index is 1.07. The molecule has 13 rings (SSSR count). The molecule has 0 radical (unpaired) electrons. The first-order chi connectivity index (χ1) is 33.2. The highest BCUT2D eigenvalue weighted by Gasteiger charge is 2.51. The molecular formula is C64H39N3. The summed E-state index contributed by atoms with van der Waals surface area (Å²) in [5.74, 6) is 1.80. The molecule has 1 atom stereocenters. The molecule has 3 heteroatoms. The van der Waals surface area contributed by atoms with E-state index >= 15 is 0 Å². The number of rotatable bonds is 7. The van der Waals surface area contributed by atoms with Gasteiger partial charge in [-0.3, -0.25) is 0 Å². The van der Waals surface area contributed by atoms with Crippen LogP contribution < -0.4 is 0 Å². The fourth-order valence-electron chi connectivity index (χ4n) is 10.6. The van der Waals surface area contributed by atoms with E-state index in [0.29, 0.717) is 17.5 Å². The Labute approximate surface area is 390 Å². The second kappa shape index (κ2) is 15.6. The van der Waals surface area contributed by atoms with Crippen molar-refractivity contribution in [1.29, 1.82) is 0 Å². The second-order valence-corrected chi connectivity index (χ2v) is 17.4. The Morgan fingerprint density at radius 2 is 0.657 bits per heavy atom. The van der Waals surface area contributed by atoms with E-state index in [-0.39, 0.29) is 0 Å². The summed E-state index contributed by atoms with van der Waals surface area (Å²) in [4.78, 5) is 16.4. The highest BCUT2D eigenvalue weighted by molar-refractivity contribution is 5.95. The van der Waals surface area contributed by atoms with Gasteiger partial charge in [0.05, 0.1) is 5.41 Å². The van der Waals surface area contributed by atoms with Gasteiger partial charge in [-0.05, 0) is 138 Å². The van der Waals surface area contributed by atoms with Gasteiger partial charge in [-0.1, -0.05) is 194 Å². The highest BCUT2D eigenvalue weighted by atomic mass is 15.0. The van der Waals surface area contributed by atoms with Gasteiger partial charge < -0.3 is 0 Å². The summed E-state index contributed by atoms with van der Waals surface area (Å²) in [7, 11) is 0. The summed E-state index contributed by atoms with van der Waals surface area (Å²) < 4.78 is 0. The number of nitrogens with zero attached hydrogens (tertiary/aromatic N) is 3. The zero-order valence-corrected chi connectivity index (χ0v) is 36.4. The van der Waals surface area contributed by atoms with Gasteiger partial charge in [-0.15, -0.1) is 0 Å². The molecule has 0 saturated carbocycles. The molecule has 11 aromatic rings. The minimum absolute atomic E-state index is 0.554. The van der Waals surface area contributed by atoms with Crippen LogP contribution in [0.3, 0.4) is 0 Å². The van der Waals surface area contributed by atoms with Crippen molar-refractivity contribution in [2.45, 2.75) is 5.41 Å². The normalized spacial score (nSPS) is 12.5. The largest absolute Gasteiger partial charge is 0.208 e. The lowest BCUT2D eigenvalue weighted by atomic mass is 9.70. The predicted molar refractivity (Wildman–Crippen MR) is 272 cm³/mol. The highest BCUT2D eigenvalue weighted by Crippen LogP contribution is 2.62. The van der Waals surface area contributed by atoms with E-state index in [1.807, 2.05) is 6.07 Å². The van der Waals surface area contributed by atoms with Gasteiger partial charge in [0.25, 0.3) is 0 Å². The number of benzene rings is 9. The molecule has 0 aliphatic heterocycles. The van der Waals surface area contributed by atoms with E-state index in [1.165, 1.54) is 38.9 Å². The number of hydrogen-bond acceptors (Lipinski definition) is 3. The van der Waals surface area contributed by atoms with Crippen molar-refractivity contribution in [2.24, 2.45) is 0 Å². The summed E-state index contributed by atoms with van der Waals surface area (Å²) in [5.41, 5.74) is 20.6. The molecule has 310 valence electrons. The zero-order valence-electron chi connectivity index (χ0n) is 36.4. The molecule has 1 unspecified atom stereocenters. The lowest BCUT2D eigenvalue weighted by Gasteiger charge is -2.30. The average molecular weight is 850 g/mol. The average Bonchev–Trinajstić information content (AvgIpc) is 3.88. The van der Waals surface area contributed by atoms with E-state index in [1.54, 1.807) is 0 Å². The molecule has 67 heavy (non-hydrogen) atoms. The standard InChI is InChI=1S/C64H39N3/c1-5-19-42(20-6-1)47-35-48(43-21-7-2-8-22-43)38-51(37-47)62-65-61(66-63(67-62)52-39-49(44-23-9-3-10-24-44)36-50(40-52)45-25-11-4-12-26-45)46-33-34-56-55-29-15-18-32-59(55)64(60(56)41-46)57-30-16-13-27-53(57)54-28-14-17-31-58(54)64/h1-13,15-27,29-41H. The van der Waals surface area contributed by atoms with E-state index in [0.717, 1.165) is 66.8 Å². The third kappa shape index (κ3) is 6.34. The van der Waals surface area contributed by atoms with Gasteiger partial charge in [0, 0.05) is 22.3 Å². The van der Waals surface area contributed by atoms with Gasteiger partial charge in [0.2, 0.25) is 0 Å². The summed E-state index contributed by atoms with van der Waals surface area (Å²) >= 11 is 0. The van der Waals surface area contributed by atoms with E-state index in [4.69, 9.17) is 15.0 Å². The topological polar surface area (TPSA) is 38.7 Å². The number of fused-ring (bicyclic) bond motifs is 10. The third-order valence-corrected chi connectivity index (χ3v) is 13.6. The summed E-state index contributed by atoms with van der Waals surface area (Å²) in [6.07, 6.45) is 0. The van der Waals surface area contributed by atoms with Crippen LogP contribution in [0.1, 0.15) is 22.3 Å². The zero-order chi connectivity index (χ0) is 44.3. The Morgan fingerprint density at radius 3 is 1.15 bits per heavy atom. The third-order valence-electron chi connectivity index (χ3n) is 13.6. The maximum atomic E-state index is 5.48. The second-order valence-electron chi connectivity index (χ2n) is 17.4. The van der Waals surface area contributed by atoms with Crippen LogP contribution in [-0.2, 0) is 5.41 Å². The van der Waals surface area contributed by atoms with Crippen molar-refractivity contribution < 1.29 is 0 Å². The minimum Gasteiger partial charge on any atom is -0.208 e. The van der Waals surface area contributed by atoms with Crippen LogP contribution in [0.25, 0.3) is 101 Å². The molecule has 1 spiro atoms. The lowest BCUT2D eigenvalue weighted by Crippen LogP contribution is -2.25. The SMILES string of the molecule is c1ccc2c(c#1)-c1ccccc1C21c2ccccc2-c2ccc(-c3nc(-c4cc(-c5ccccc5)cc(-c5ccccc5)c4)nc(-c4cc(-c5ccccc5)cc(-c5ccccc5)c4)n3)cc21. The van der Waals surface area contributed by atoms with Gasteiger partial charge in [-0.2, -0.15) is 0 Å². The first-order valence-corrected chi connectivity index (χ1v) is 22.8. The van der Waals surface area contributed by atoms with Gasteiger partial charge in [0.1, 0.15) is 0 Å². The first kappa shape index (κ1) is 38.5. The van der Waals surface area contributed by atoms with Crippen LogP contribution in [0, 0.1) is 12.1 Å². The summed E-state index contributed by atoms with van der Waals surface area (Å²) in [5, 5.41) is 0. The molecule has 1 aromatic heterocycles. The maximum Gasteiger partial charge on any atom is 0.164 e. The molecule has 3 nitrogen and oxygen atoms in total. The van der Waals surface area contributed by atoms with E-state index in [2.05, 4.69) is 243 Å². The molecule has 0 fully saturated rings. The van der Waals surface area contributed by atoms with Crippen LogP contribution in [0.15, 0.2) is 237 Å². The number of aromatic nitrogens is 3. The molecule has 0 amide bonds. The fourth-order valence-corrected chi connectivity index (χ4v) is 10.6. The Hall–Kier alpha value is -8.97. The van der Waals surface area contributed by atoms with Crippen molar-refractivity contribution in [2.75, 3.05) is 0 Å². The van der Waals surface area contributed by atoms with Gasteiger partial charge in [-0.25, -0.2) is 15.0 Å². The molecular weight excluding hydrogens is 811 g/mol. The molecule has 0 bridgehead atoms. The summed E-state index contributed by atoms with van der Waals surface area (Å²) in [6, 6.07) is 91.1. The van der Waals surface area contributed by atoms with Crippen molar-refractivity contribution in [1.82, 2.24) is 15.0 Å². The van der Waals surface area contributed by atoms with Gasteiger partial charge >= 0.3 is 0 Å². The maximum absolute atomic E-state index is 5.48. The first-order valence-electron chi connectivity index (χ1n) is 22.8. The van der Waals surface area contributed by atoms with Gasteiger partial charge in [0.15, 0.2) is 17.5 Å². The number of hydrogen-bond donors (Lipinski definition) is 0. The fraction of sp³-hybridized carbons (Fsp3) is 0.0156. The smallest absolute Gasteiger partial charge is 0.164 e. The molecule has 0 N–H and O–H groups in total. The van der Waals surface area contributed by atoms with E-state index < -0.39 is 5.41 Å². The molecule has 0 saturated heterocycles. The van der Waals surface area contributed by atoms with Crippen LogP contribution >= 0.6 is 0 Å². The van der Waals surface area contributed by atoms with Crippen LogP contribution in [0.5, 0.6) is 0 Å². The van der Waals surface area contributed by atoms with Crippen LogP contribution in [0.2, 0.25) is 0 Å². The molecule has 1 heterocycles. The van der Waals surface area contributed by atoms with Crippen molar-refractivity contribution in [3.8, 4) is 101 Å². The quantitative estimate of drug-likeness (QED) is 0.160. The summed E-state index contributed by atoms with van der Waals surface area (Å²) in [6.45, 7) is 0. The monoisotopic (exact) mass is 849 g/mol. The lowest BCUT2D eigenvalue weighted by molar-refractivity contribution is 0.794. The molecule has 2 aliphatic rings. The van der Waals surface area contributed by atoms with E-state index in [9.17, 15) is 0 Å². The van der Waals surface area contributed by atoms with Crippen LogP contribution in [0.4, 0.5) is 0 Å². The Morgan fingerprint density at radius 1 is 0.269 bits per heavy atom. The van der Waals surface area contributed by atoms with Crippen LogP contribution in [-0.4, -0.2) is 15.0 Å². The Kier molecular flexibility index (Phi) is 8.98. The van der Waals surface area contributed by atoms with Crippen molar-refractivity contribution in [3.05, 3.63) is 271 Å². The minimum atomic E-state index is -0.554. The molecule has 2 aliphatic carbocycles. The Bertz CT molecular complexity index is 3350. The van der Waals surface area contributed by atoms with Crippen molar-refractivity contribution in [3.63, 3.8) is 0 Å². The van der Waals surface area contributed by atoms with Crippen molar-refractivity contribution >= 4 is 0 Å².